The van der Waals surface area contributed by atoms with Crippen LogP contribution in [0.4, 0.5) is 8.78 Å². The minimum absolute atomic E-state index is 0.0412. The Kier molecular flexibility index (Phi) is 4.89. The molecular weight excluding hydrogens is 420 g/mol. The highest BCUT2D eigenvalue weighted by molar-refractivity contribution is 6.15. The Morgan fingerprint density at radius 3 is 2.69 bits per heavy atom. The first kappa shape index (κ1) is 19.9. The lowest BCUT2D eigenvalue weighted by atomic mass is 9.85. The van der Waals surface area contributed by atoms with Gasteiger partial charge in [-0.15, -0.1) is 0 Å². The van der Waals surface area contributed by atoms with Gasteiger partial charge >= 0.3 is 12.6 Å². The molecule has 0 bridgehead atoms. The van der Waals surface area contributed by atoms with Crippen molar-refractivity contribution < 1.29 is 32.6 Å². The molecule has 0 saturated heterocycles. The van der Waals surface area contributed by atoms with E-state index in [0.717, 1.165) is 5.56 Å². The summed E-state index contributed by atoms with van der Waals surface area (Å²) in [5.41, 5.74) is 1.93. The standard InChI is InChI=1S/C24H15F2NO5/c25-24(26)32-17-6-2-1-4-13(17)10-19-22(29)15-7-8-18-21(23(15)31-19)16(11-20(28)30-18)14-5-3-9-27-12-14/h1-10,12,16,24H,11H2/b19-10-/t16-/m1/s1. The van der Waals surface area contributed by atoms with Crippen LogP contribution in [0.25, 0.3) is 6.08 Å². The summed E-state index contributed by atoms with van der Waals surface area (Å²) in [5.74, 6) is -0.735. The number of carbonyl (C=O) groups excluding carboxylic acids is 2. The van der Waals surface area contributed by atoms with Gasteiger partial charge in [0.1, 0.15) is 17.2 Å². The third-order valence-electron chi connectivity index (χ3n) is 5.29. The van der Waals surface area contributed by atoms with Crippen molar-refractivity contribution in [2.45, 2.75) is 19.0 Å². The third-order valence-corrected chi connectivity index (χ3v) is 5.29. The summed E-state index contributed by atoms with van der Waals surface area (Å²) in [6.07, 6.45) is 4.70. The van der Waals surface area contributed by atoms with E-state index < -0.39 is 24.3 Å². The normalized spacial score (nSPS) is 18.2. The van der Waals surface area contributed by atoms with E-state index in [4.69, 9.17) is 9.47 Å². The molecule has 3 heterocycles. The number of fused-ring (bicyclic) bond motifs is 3. The Balaban J connectivity index is 1.59. The number of aromatic nitrogens is 1. The Morgan fingerprint density at radius 1 is 1.06 bits per heavy atom. The number of ether oxygens (including phenoxy) is 3. The van der Waals surface area contributed by atoms with Crippen molar-refractivity contribution in [3.63, 3.8) is 0 Å². The van der Waals surface area contributed by atoms with Gasteiger partial charge in [-0.2, -0.15) is 8.78 Å². The summed E-state index contributed by atoms with van der Waals surface area (Å²) >= 11 is 0. The second kappa shape index (κ2) is 7.88. The summed E-state index contributed by atoms with van der Waals surface area (Å²) in [5, 5.41) is 0. The number of hydrogen-bond donors (Lipinski definition) is 0. The third kappa shape index (κ3) is 3.49. The lowest BCUT2D eigenvalue weighted by Crippen LogP contribution is -2.21. The van der Waals surface area contributed by atoms with Gasteiger partial charge in [0.2, 0.25) is 5.78 Å². The number of pyridine rings is 1. The van der Waals surface area contributed by atoms with Gasteiger partial charge in [-0.1, -0.05) is 24.3 Å². The molecule has 0 radical (unpaired) electrons. The smallest absolute Gasteiger partial charge is 0.387 e. The predicted octanol–water partition coefficient (Wildman–Crippen LogP) is 4.74. The molecule has 0 fully saturated rings. The lowest BCUT2D eigenvalue weighted by Gasteiger charge is -2.26. The molecule has 1 aromatic heterocycles. The zero-order valence-corrected chi connectivity index (χ0v) is 16.5. The number of alkyl halides is 2. The molecule has 0 aliphatic carbocycles. The van der Waals surface area contributed by atoms with E-state index in [1.54, 1.807) is 42.7 Å². The van der Waals surface area contributed by atoms with Crippen LogP contribution in [0.15, 0.2) is 66.7 Å². The minimum Gasteiger partial charge on any atom is -0.452 e. The number of esters is 1. The molecular formula is C24H15F2NO5. The van der Waals surface area contributed by atoms with Crippen LogP contribution in [0, 0.1) is 0 Å². The quantitative estimate of drug-likeness (QED) is 0.335. The molecule has 2 aliphatic rings. The first-order valence-corrected chi connectivity index (χ1v) is 9.77. The van der Waals surface area contributed by atoms with Crippen molar-refractivity contribution >= 4 is 17.8 Å². The molecule has 0 spiro atoms. The molecule has 0 N–H and O–H groups in total. The van der Waals surface area contributed by atoms with E-state index in [2.05, 4.69) is 9.72 Å². The number of halogens is 2. The van der Waals surface area contributed by atoms with Gasteiger partial charge in [0.15, 0.2) is 5.76 Å². The fourth-order valence-corrected chi connectivity index (χ4v) is 3.92. The first-order valence-electron chi connectivity index (χ1n) is 9.77. The fraction of sp³-hybridized carbons (Fsp3) is 0.125. The number of hydrogen-bond acceptors (Lipinski definition) is 6. The molecule has 160 valence electrons. The fourth-order valence-electron chi connectivity index (χ4n) is 3.92. The number of para-hydroxylation sites is 1. The number of Topliss-reactive ketones (excluding diaryl/α,β-unsaturated/α-hetero) is 1. The Hall–Kier alpha value is -4.07. The topological polar surface area (TPSA) is 74.7 Å². The van der Waals surface area contributed by atoms with Gasteiger partial charge in [-0.05, 0) is 35.9 Å². The zero-order chi connectivity index (χ0) is 22.2. The van der Waals surface area contributed by atoms with Crippen molar-refractivity contribution in [1.29, 1.82) is 0 Å². The van der Waals surface area contributed by atoms with Crippen LogP contribution in [0.3, 0.4) is 0 Å². The maximum absolute atomic E-state index is 13.0. The van der Waals surface area contributed by atoms with E-state index in [9.17, 15) is 18.4 Å². The maximum atomic E-state index is 13.0. The van der Waals surface area contributed by atoms with E-state index in [-0.39, 0.29) is 29.2 Å². The van der Waals surface area contributed by atoms with Crippen molar-refractivity contribution in [3.8, 4) is 17.2 Å². The summed E-state index contributed by atoms with van der Waals surface area (Å²) in [4.78, 5) is 29.3. The first-order chi connectivity index (χ1) is 15.5. The molecule has 3 aromatic rings. The van der Waals surface area contributed by atoms with Crippen LogP contribution in [-0.4, -0.2) is 23.3 Å². The SMILES string of the molecule is O=C1C[C@H](c2cccnc2)c2c(ccc3c2O/C(=C\c2ccccc2OC(F)F)C3=O)O1. The minimum atomic E-state index is -3.01. The summed E-state index contributed by atoms with van der Waals surface area (Å²) in [6, 6.07) is 12.8. The average molecular weight is 435 g/mol. The molecule has 2 aromatic carbocycles. The zero-order valence-electron chi connectivity index (χ0n) is 16.5. The highest BCUT2D eigenvalue weighted by Gasteiger charge is 2.38. The molecule has 32 heavy (non-hydrogen) atoms. The van der Waals surface area contributed by atoms with E-state index in [1.165, 1.54) is 18.2 Å². The highest BCUT2D eigenvalue weighted by atomic mass is 19.3. The maximum Gasteiger partial charge on any atom is 0.387 e. The van der Waals surface area contributed by atoms with Crippen LogP contribution < -0.4 is 14.2 Å². The average Bonchev–Trinajstić information content (AvgIpc) is 3.10. The Bertz CT molecular complexity index is 1260. The van der Waals surface area contributed by atoms with Gasteiger partial charge in [-0.3, -0.25) is 14.6 Å². The van der Waals surface area contributed by atoms with Gasteiger partial charge in [0.25, 0.3) is 0 Å². The second-order valence-electron chi connectivity index (χ2n) is 7.23. The summed E-state index contributed by atoms with van der Waals surface area (Å²) < 4.78 is 41.3. The van der Waals surface area contributed by atoms with Crippen LogP contribution in [0.5, 0.6) is 17.2 Å². The Morgan fingerprint density at radius 2 is 1.91 bits per heavy atom. The number of allylic oxidation sites excluding steroid dienone is 1. The summed E-state index contributed by atoms with van der Waals surface area (Å²) in [7, 11) is 0. The van der Waals surface area contributed by atoms with Gasteiger partial charge < -0.3 is 14.2 Å². The lowest BCUT2D eigenvalue weighted by molar-refractivity contribution is -0.135. The molecule has 6 nitrogen and oxygen atoms in total. The monoisotopic (exact) mass is 435 g/mol. The van der Waals surface area contributed by atoms with E-state index >= 15 is 0 Å². The van der Waals surface area contributed by atoms with Crippen LogP contribution in [0.2, 0.25) is 0 Å². The van der Waals surface area contributed by atoms with Gasteiger partial charge in [0.05, 0.1) is 12.0 Å². The predicted molar refractivity (Wildman–Crippen MR) is 109 cm³/mol. The van der Waals surface area contributed by atoms with Crippen LogP contribution in [0.1, 0.15) is 39.4 Å². The van der Waals surface area contributed by atoms with Crippen molar-refractivity contribution in [3.05, 3.63) is 88.9 Å². The summed E-state index contributed by atoms with van der Waals surface area (Å²) in [6.45, 7) is -3.01. The van der Waals surface area contributed by atoms with Crippen LogP contribution >= 0.6 is 0 Å². The molecule has 5 rings (SSSR count). The molecule has 0 amide bonds. The number of nitrogens with zero attached hydrogens (tertiary/aromatic N) is 1. The van der Waals surface area contributed by atoms with Crippen molar-refractivity contribution in [2.24, 2.45) is 0 Å². The van der Waals surface area contributed by atoms with E-state index in [1.807, 2.05) is 6.07 Å². The number of benzene rings is 2. The second-order valence-corrected chi connectivity index (χ2v) is 7.23. The molecule has 0 unspecified atom stereocenters. The van der Waals surface area contributed by atoms with E-state index in [0.29, 0.717) is 16.9 Å². The molecule has 1 atom stereocenters. The van der Waals surface area contributed by atoms with Crippen LogP contribution in [-0.2, 0) is 4.79 Å². The Labute approximate surface area is 181 Å². The number of rotatable bonds is 4. The largest absolute Gasteiger partial charge is 0.452 e. The number of ketones is 1. The number of carbonyl (C=O) groups is 2. The van der Waals surface area contributed by atoms with Gasteiger partial charge in [-0.25, -0.2) is 0 Å². The molecule has 2 aliphatic heterocycles. The van der Waals surface area contributed by atoms with Gasteiger partial charge in [0, 0.05) is 29.4 Å². The highest BCUT2D eigenvalue weighted by Crippen LogP contribution is 2.49. The molecule has 0 saturated carbocycles. The van der Waals surface area contributed by atoms with Crippen molar-refractivity contribution in [2.75, 3.05) is 0 Å². The molecule has 8 heteroatoms. The van der Waals surface area contributed by atoms with Crippen molar-refractivity contribution in [1.82, 2.24) is 4.98 Å².